The zero-order valence-corrected chi connectivity index (χ0v) is 12.7. The second-order valence-electron chi connectivity index (χ2n) is 5.47. The second kappa shape index (κ2) is 6.12. The van der Waals surface area contributed by atoms with Crippen LogP contribution in [0.1, 0.15) is 24.3 Å². The normalized spacial score (nSPS) is 17.9. The van der Waals surface area contributed by atoms with Gasteiger partial charge in [0.2, 0.25) is 0 Å². The van der Waals surface area contributed by atoms with E-state index in [-0.39, 0.29) is 11.4 Å². The Morgan fingerprint density at radius 3 is 2.57 bits per heavy atom. The van der Waals surface area contributed by atoms with Crippen molar-refractivity contribution >= 4 is 11.7 Å². The summed E-state index contributed by atoms with van der Waals surface area (Å²) in [4.78, 5) is 25.7. The average molecular weight is 311 g/mol. The molecule has 3 rings (SSSR count). The molecule has 1 atom stereocenters. The molecule has 1 amide bonds. The van der Waals surface area contributed by atoms with E-state index < -0.39 is 17.7 Å². The number of nitrogens with zero attached hydrogens (tertiary/aromatic N) is 1. The number of aliphatic hydroxyl groups excluding tert-OH is 1. The standard InChI is InChI=1S/C18H17NO4/c1-12(20)15-16(14-8-5-11-23-14)19(18(22)17(15)21)10-9-13-6-3-2-4-7-13/h2-8,11,16,21H,9-10H2,1H3. The van der Waals surface area contributed by atoms with Gasteiger partial charge in [0, 0.05) is 6.54 Å². The maximum atomic E-state index is 12.4. The maximum absolute atomic E-state index is 12.4. The van der Waals surface area contributed by atoms with Crippen LogP contribution in [0.25, 0.3) is 0 Å². The fourth-order valence-electron chi connectivity index (χ4n) is 2.88. The van der Waals surface area contributed by atoms with Crippen molar-refractivity contribution < 1.29 is 19.1 Å². The molecule has 1 aromatic carbocycles. The highest BCUT2D eigenvalue weighted by Gasteiger charge is 2.43. The highest BCUT2D eigenvalue weighted by Crippen LogP contribution is 2.37. The van der Waals surface area contributed by atoms with Crippen molar-refractivity contribution in [3.63, 3.8) is 0 Å². The van der Waals surface area contributed by atoms with Crippen LogP contribution in [0, 0.1) is 0 Å². The summed E-state index contributed by atoms with van der Waals surface area (Å²) < 4.78 is 5.39. The first-order valence-corrected chi connectivity index (χ1v) is 7.42. The molecule has 5 heteroatoms. The number of hydrogen-bond donors (Lipinski definition) is 1. The van der Waals surface area contributed by atoms with E-state index in [0.29, 0.717) is 18.7 Å². The lowest BCUT2D eigenvalue weighted by Crippen LogP contribution is -2.32. The van der Waals surface area contributed by atoms with Gasteiger partial charge in [0.05, 0.1) is 11.8 Å². The second-order valence-corrected chi connectivity index (χ2v) is 5.47. The molecule has 1 unspecified atom stereocenters. The van der Waals surface area contributed by atoms with E-state index in [1.807, 2.05) is 30.3 Å². The first kappa shape index (κ1) is 15.1. The molecule has 118 valence electrons. The number of carbonyl (C=O) groups excluding carboxylic acids is 2. The molecular formula is C18H17NO4. The molecule has 1 aromatic heterocycles. The minimum atomic E-state index is -0.668. The summed E-state index contributed by atoms with van der Waals surface area (Å²) >= 11 is 0. The zero-order chi connectivity index (χ0) is 16.4. The fraction of sp³-hybridized carbons (Fsp3) is 0.222. The molecular weight excluding hydrogens is 294 g/mol. The van der Waals surface area contributed by atoms with E-state index in [0.717, 1.165) is 5.56 Å². The fourth-order valence-corrected chi connectivity index (χ4v) is 2.88. The zero-order valence-electron chi connectivity index (χ0n) is 12.7. The number of carbonyl (C=O) groups is 2. The monoisotopic (exact) mass is 311 g/mol. The van der Waals surface area contributed by atoms with Gasteiger partial charge in [0.25, 0.3) is 5.91 Å². The molecule has 0 saturated heterocycles. The molecule has 0 spiro atoms. The largest absolute Gasteiger partial charge is 0.503 e. The van der Waals surface area contributed by atoms with Crippen LogP contribution < -0.4 is 0 Å². The third-order valence-electron chi connectivity index (χ3n) is 3.98. The quantitative estimate of drug-likeness (QED) is 0.921. The SMILES string of the molecule is CC(=O)C1=C(O)C(=O)N(CCc2ccccc2)C1c1ccco1. The molecule has 0 fully saturated rings. The van der Waals surface area contributed by atoms with Crippen molar-refractivity contribution in [3.05, 3.63) is 71.4 Å². The maximum Gasteiger partial charge on any atom is 0.290 e. The Balaban J connectivity index is 1.89. The number of aliphatic hydroxyl groups is 1. The average Bonchev–Trinajstić information content (AvgIpc) is 3.15. The minimum Gasteiger partial charge on any atom is -0.503 e. The first-order valence-electron chi connectivity index (χ1n) is 7.42. The molecule has 0 radical (unpaired) electrons. The molecule has 1 aliphatic rings. The Bertz CT molecular complexity index is 747. The third-order valence-corrected chi connectivity index (χ3v) is 3.98. The first-order chi connectivity index (χ1) is 11.1. The number of rotatable bonds is 5. The third kappa shape index (κ3) is 2.77. The number of furan rings is 1. The lowest BCUT2D eigenvalue weighted by atomic mass is 10.0. The molecule has 5 nitrogen and oxygen atoms in total. The van der Waals surface area contributed by atoms with Crippen LogP contribution in [0.4, 0.5) is 0 Å². The van der Waals surface area contributed by atoms with Crippen molar-refractivity contribution in [2.45, 2.75) is 19.4 Å². The smallest absolute Gasteiger partial charge is 0.290 e. The van der Waals surface area contributed by atoms with E-state index in [2.05, 4.69) is 0 Å². The van der Waals surface area contributed by atoms with Gasteiger partial charge in [-0.3, -0.25) is 9.59 Å². The molecule has 1 aliphatic heterocycles. The number of Topliss-reactive ketones (excluding diaryl/α,β-unsaturated/α-hetero) is 1. The van der Waals surface area contributed by atoms with Crippen LogP contribution in [-0.4, -0.2) is 28.2 Å². The van der Waals surface area contributed by atoms with Gasteiger partial charge in [-0.2, -0.15) is 0 Å². The van der Waals surface area contributed by atoms with Gasteiger partial charge >= 0.3 is 0 Å². The van der Waals surface area contributed by atoms with Gasteiger partial charge < -0.3 is 14.4 Å². The van der Waals surface area contributed by atoms with E-state index >= 15 is 0 Å². The number of hydrogen-bond acceptors (Lipinski definition) is 4. The van der Waals surface area contributed by atoms with Crippen LogP contribution in [-0.2, 0) is 16.0 Å². The predicted octanol–water partition coefficient (Wildman–Crippen LogP) is 2.81. The summed E-state index contributed by atoms with van der Waals surface area (Å²) in [6.45, 7) is 1.73. The summed E-state index contributed by atoms with van der Waals surface area (Å²) in [6.07, 6.45) is 2.12. The molecule has 0 bridgehead atoms. The molecule has 2 aromatic rings. The Morgan fingerprint density at radius 2 is 1.96 bits per heavy atom. The van der Waals surface area contributed by atoms with E-state index in [1.54, 1.807) is 12.1 Å². The summed E-state index contributed by atoms with van der Waals surface area (Å²) in [5, 5.41) is 10.1. The van der Waals surface area contributed by atoms with Crippen molar-refractivity contribution in [2.24, 2.45) is 0 Å². The van der Waals surface area contributed by atoms with Crippen LogP contribution in [0.3, 0.4) is 0 Å². The summed E-state index contributed by atoms with van der Waals surface area (Å²) in [7, 11) is 0. The Hall–Kier alpha value is -2.82. The molecule has 23 heavy (non-hydrogen) atoms. The van der Waals surface area contributed by atoms with Gasteiger partial charge in [0.15, 0.2) is 11.5 Å². The summed E-state index contributed by atoms with van der Waals surface area (Å²) in [5.74, 6) is -0.875. The number of amides is 1. The van der Waals surface area contributed by atoms with Crippen LogP contribution in [0.15, 0.2) is 64.5 Å². The highest BCUT2D eigenvalue weighted by molar-refractivity contribution is 6.07. The molecule has 0 aliphatic carbocycles. The number of ketones is 1. The minimum absolute atomic E-state index is 0.0954. The summed E-state index contributed by atoms with van der Waals surface area (Å²) in [6, 6.07) is 12.5. The molecule has 1 N–H and O–H groups in total. The predicted molar refractivity (Wildman–Crippen MR) is 83.6 cm³/mol. The van der Waals surface area contributed by atoms with Crippen molar-refractivity contribution in [3.8, 4) is 0 Å². The Kier molecular flexibility index (Phi) is 4.02. The van der Waals surface area contributed by atoms with Gasteiger partial charge in [-0.15, -0.1) is 0 Å². The lowest BCUT2D eigenvalue weighted by Gasteiger charge is -2.24. The van der Waals surface area contributed by atoms with Gasteiger partial charge in [-0.1, -0.05) is 30.3 Å². The van der Waals surface area contributed by atoms with E-state index in [9.17, 15) is 14.7 Å². The van der Waals surface area contributed by atoms with Crippen molar-refractivity contribution in [1.82, 2.24) is 4.90 Å². The molecule has 0 saturated carbocycles. The Morgan fingerprint density at radius 1 is 1.22 bits per heavy atom. The topological polar surface area (TPSA) is 70.8 Å². The van der Waals surface area contributed by atoms with Gasteiger partial charge in [0.1, 0.15) is 11.8 Å². The highest BCUT2D eigenvalue weighted by atomic mass is 16.3. The van der Waals surface area contributed by atoms with E-state index in [4.69, 9.17) is 4.42 Å². The van der Waals surface area contributed by atoms with Crippen LogP contribution >= 0.6 is 0 Å². The van der Waals surface area contributed by atoms with Gasteiger partial charge in [-0.05, 0) is 31.0 Å². The molecule has 2 heterocycles. The van der Waals surface area contributed by atoms with Crippen LogP contribution in [0.2, 0.25) is 0 Å². The van der Waals surface area contributed by atoms with E-state index in [1.165, 1.54) is 18.1 Å². The number of benzene rings is 1. The summed E-state index contributed by atoms with van der Waals surface area (Å²) in [5.41, 5.74) is 1.17. The van der Waals surface area contributed by atoms with Crippen molar-refractivity contribution in [2.75, 3.05) is 6.54 Å². The lowest BCUT2D eigenvalue weighted by molar-refractivity contribution is -0.129. The van der Waals surface area contributed by atoms with Crippen molar-refractivity contribution in [1.29, 1.82) is 0 Å². The Labute approximate surface area is 133 Å². The van der Waals surface area contributed by atoms with Crippen LogP contribution in [0.5, 0.6) is 0 Å². The van der Waals surface area contributed by atoms with Gasteiger partial charge in [-0.25, -0.2) is 0 Å².